The summed E-state index contributed by atoms with van der Waals surface area (Å²) < 4.78 is 126. The molecule has 0 fully saturated rings. The van der Waals surface area contributed by atoms with Gasteiger partial charge in [0.2, 0.25) is 5.78 Å². The van der Waals surface area contributed by atoms with Crippen molar-refractivity contribution in [2.75, 3.05) is 0 Å². The Hall–Kier alpha value is -6.62. The van der Waals surface area contributed by atoms with Crippen molar-refractivity contribution in [1.82, 2.24) is 34.3 Å². The quantitative estimate of drug-likeness (QED) is 0.107. The van der Waals surface area contributed by atoms with E-state index in [1.165, 1.54) is 35.3 Å². The molecule has 7 aromatic carbocycles. The van der Waals surface area contributed by atoms with Crippen molar-refractivity contribution in [2.45, 2.75) is 30.6 Å². The van der Waals surface area contributed by atoms with Gasteiger partial charge in [0.25, 0.3) is 0 Å². The van der Waals surface area contributed by atoms with Crippen LogP contribution < -0.4 is 34.7 Å². The van der Waals surface area contributed by atoms with E-state index in [0.717, 1.165) is 43.3 Å². The predicted octanol–water partition coefficient (Wildman–Crippen LogP) is 8.21. The van der Waals surface area contributed by atoms with Crippen LogP contribution in [0.5, 0.6) is 11.5 Å². The molecule has 65 heavy (non-hydrogen) atoms. The highest BCUT2D eigenvalue weighted by Crippen LogP contribution is 2.56. The molecule has 13 heteroatoms. The molecule has 0 unspecified atom stereocenters. The summed E-state index contributed by atoms with van der Waals surface area (Å²) in [5.41, 5.74) is 6.26. The van der Waals surface area contributed by atoms with Crippen LogP contribution >= 0.6 is 22.7 Å². The number of hydrogen-bond acceptors (Lipinski definition) is 8. The zero-order valence-corrected chi connectivity index (χ0v) is 38.9. The van der Waals surface area contributed by atoms with E-state index in [1.807, 2.05) is 127 Å². The zero-order chi connectivity index (χ0) is 54.0. The summed E-state index contributed by atoms with van der Waals surface area (Å²) >= 11 is 1.33. The van der Waals surface area contributed by atoms with Gasteiger partial charge >= 0.3 is 0 Å². The van der Waals surface area contributed by atoms with Crippen molar-refractivity contribution in [3.8, 4) is 17.2 Å². The largest absolute Gasteiger partial charge is 0.457 e. The van der Waals surface area contributed by atoms with Crippen LogP contribution in [0.4, 0.5) is 0 Å². The maximum atomic E-state index is 9.90. The Kier molecular flexibility index (Phi) is 6.68. The molecule has 0 saturated carbocycles. The van der Waals surface area contributed by atoms with E-state index < -0.39 is 64.0 Å². The van der Waals surface area contributed by atoms with E-state index in [4.69, 9.17) is 9.72 Å². The standard InChI is InChI=1S/C52H43N7OS2Si3/c1-63(2,50-56-53-34-61-50)52(64(3,4)51-57-54-35-62-51)40-25-11-16-31-46(40)60-48-41(52)26-18-32-47(48)65(37-20-7-5-8-21-37,38-22-9-6-10-23-38)39-24-17-19-36(33-39)58-44-29-14-15-30-45(44)59-43-28-13-12-27-42(43)55-49(58)59/h5-35H,1-4H3/i1D3,2D3,3D3,4D3. The Morgan fingerprint density at radius 2 is 1.12 bits per heavy atom. The first-order chi connectivity index (χ1) is 36.8. The smallest absolute Gasteiger partial charge is 0.220 e. The minimum Gasteiger partial charge on any atom is -0.457 e. The van der Waals surface area contributed by atoms with E-state index in [0.29, 0.717) is 33.6 Å². The highest BCUT2D eigenvalue weighted by molar-refractivity contribution is 7.31. The number of benzene rings is 7. The van der Waals surface area contributed by atoms with Crippen LogP contribution in [0.2, 0.25) is 25.9 Å². The lowest BCUT2D eigenvalue weighted by Crippen LogP contribution is -2.77. The first-order valence-corrected chi connectivity index (χ1v) is 28.6. The number of aromatic nitrogens is 7. The third kappa shape index (κ3) is 5.53. The summed E-state index contributed by atoms with van der Waals surface area (Å²) in [4.78, 5) is 5.18. The van der Waals surface area contributed by atoms with Gasteiger partial charge in [-0.1, -0.05) is 159 Å². The average Bonchev–Trinajstić information content (AvgIpc) is 4.41. The molecule has 0 N–H and O–H groups in total. The summed E-state index contributed by atoms with van der Waals surface area (Å²) in [6.07, 6.45) is 0. The van der Waals surface area contributed by atoms with Crippen LogP contribution in [0.15, 0.2) is 187 Å². The van der Waals surface area contributed by atoms with E-state index in [-0.39, 0.29) is 22.6 Å². The molecule has 316 valence electrons. The summed E-state index contributed by atoms with van der Waals surface area (Å²) in [6, 6.07) is 54.7. The number of imidazole rings is 2. The molecule has 0 atom stereocenters. The van der Waals surface area contributed by atoms with Gasteiger partial charge in [-0.05, 0) is 63.2 Å². The zero-order valence-electron chi connectivity index (χ0n) is 46.3. The van der Waals surface area contributed by atoms with Gasteiger partial charge in [0.1, 0.15) is 38.7 Å². The Balaban J connectivity index is 1.31. The molecule has 8 nitrogen and oxygen atoms in total. The van der Waals surface area contributed by atoms with Crippen molar-refractivity contribution in [3.63, 3.8) is 0 Å². The Bertz CT molecular complexity index is 3880. The molecule has 4 aromatic heterocycles. The van der Waals surface area contributed by atoms with Crippen LogP contribution in [-0.4, -0.2) is 58.6 Å². The molecule has 12 rings (SSSR count). The maximum Gasteiger partial charge on any atom is 0.220 e. The van der Waals surface area contributed by atoms with Gasteiger partial charge in [-0.3, -0.25) is 8.97 Å². The molecule has 0 aliphatic carbocycles. The lowest BCUT2D eigenvalue weighted by Gasteiger charge is -2.55. The highest BCUT2D eigenvalue weighted by atomic mass is 32.1. The molecule has 0 bridgehead atoms. The van der Waals surface area contributed by atoms with Crippen molar-refractivity contribution < 1.29 is 21.2 Å². The Labute approximate surface area is 404 Å². The number of hydrogen-bond donors (Lipinski definition) is 0. The van der Waals surface area contributed by atoms with Crippen molar-refractivity contribution in [3.05, 3.63) is 198 Å². The summed E-state index contributed by atoms with van der Waals surface area (Å²) in [6.45, 7) is -14.6. The van der Waals surface area contributed by atoms with Crippen molar-refractivity contribution in [1.29, 1.82) is 0 Å². The fourth-order valence-corrected chi connectivity index (χ4v) is 25.4. The number of nitrogens with zero attached hydrogens (tertiary/aromatic N) is 7. The molecule has 0 saturated heterocycles. The van der Waals surface area contributed by atoms with Gasteiger partial charge < -0.3 is 4.74 Å². The Morgan fingerprint density at radius 3 is 1.78 bits per heavy atom. The van der Waals surface area contributed by atoms with E-state index in [2.05, 4.69) is 41.5 Å². The lowest BCUT2D eigenvalue weighted by molar-refractivity contribution is 0.453. The minimum atomic E-state index is -6.17. The van der Waals surface area contributed by atoms with Crippen LogP contribution in [0.25, 0.3) is 33.5 Å². The van der Waals surface area contributed by atoms with Gasteiger partial charge in [0, 0.05) is 37.9 Å². The van der Waals surface area contributed by atoms with Gasteiger partial charge in [0.15, 0.2) is 8.07 Å². The topological polar surface area (TPSA) is 83.0 Å². The fourth-order valence-electron chi connectivity index (χ4n) is 10.3. The molecular formula is C52H43N7OS2Si3. The van der Waals surface area contributed by atoms with Crippen molar-refractivity contribution >= 4 is 105 Å². The lowest BCUT2D eigenvalue weighted by atomic mass is 9.98. The highest BCUT2D eigenvalue weighted by Gasteiger charge is 2.66. The second-order valence-corrected chi connectivity index (χ2v) is 28.2. The molecule has 0 radical (unpaired) electrons. The minimum absolute atomic E-state index is 0.0610. The van der Waals surface area contributed by atoms with Crippen LogP contribution in [-0.2, 0) is 4.66 Å². The molecule has 0 spiro atoms. The molecule has 1 aliphatic heterocycles. The average molecular weight is 942 g/mol. The predicted molar refractivity (Wildman–Crippen MR) is 274 cm³/mol. The first-order valence-electron chi connectivity index (χ1n) is 26.8. The van der Waals surface area contributed by atoms with Gasteiger partial charge in [0.05, 0.1) is 31.3 Å². The molecule has 11 aromatic rings. The monoisotopic (exact) mass is 941 g/mol. The third-order valence-electron chi connectivity index (χ3n) is 12.9. The maximum absolute atomic E-state index is 9.90. The number of ether oxygens (including phenoxy) is 1. The van der Waals surface area contributed by atoms with Crippen LogP contribution in [0.1, 0.15) is 27.6 Å². The second kappa shape index (κ2) is 15.0. The summed E-state index contributed by atoms with van der Waals surface area (Å²) in [5.74, 6) is 0.495. The SMILES string of the molecule is [2H]C([2H])([2H])[Si](c1nncs1)(C([2H])([2H])[2H])C1([Si](c2nncs2)(C([2H])([2H])[2H])C([2H])([2H])[2H])c2ccccc2Oc2c1cccc2[Si](c1ccccc1)(c1ccccc1)c1cccc(-n2c3ccccc3n3c4ccccc4nc23)c1. The first kappa shape index (κ1) is 29.0. The fraction of sp³-hybridized carbons (Fsp3) is 0.0962. The normalized spacial score (nSPS) is 17.3. The number of fused-ring (bicyclic) bond motifs is 7. The van der Waals surface area contributed by atoms with E-state index in [9.17, 15) is 16.4 Å². The van der Waals surface area contributed by atoms with Crippen molar-refractivity contribution in [2.24, 2.45) is 0 Å². The summed E-state index contributed by atoms with van der Waals surface area (Å²) in [7, 11) is -16.4. The number of rotatable bonds is 9. The van der Waals surface area contributed by atoms with Gasteiger partial charge in [-0.15, -0.1) is 43.1 Å². The van der Waals surface area contributed by atoms with E-state index in [1.54, 1.807) is 12.1 Å². The summed E-state index contributed by atoms with van der Waals surface area (Å²) in [5, 5.41) is 19.7. The second-order valence-electron chi connectivity index (χ2n) is 16.1. The van der Waals surface area contributed by atoms with Crippen LogP contribution in [0.3, 0.4) is 0 Å². The van der Waals surface area contributed by atoms with Gasteiger partial charge in [-0.25, -0.2) is 4.98 Å². The van der Waals surface area contributed by atoms with Crippen LogP contribution in [0, 0.1) is 0 Å². The molecule has 5 heterocycles. The molecule has 1 aliphatic rings. The number of para-hydroxylation sites is 6. The Morgan fingerprint density at radius 1 is 0.554 bits per heavy atom. The third-order valence-corrected chi connectivity index (χ3v) is 28.3. The molecule has 0 amide bonds. The van der Waals surface area contributed by atoms with Gasteiger partial charge in [-0.2, -0.15) is 0 Å². The van der Waals surface area contributed by atoms with E-state index >= 15 is 0 Å². The molecular weight excluding hydrogens is 887 g/mol.